The molecule has 0 saturated heterocycles. The summed E-state index contributed by atoms with van der Waals surface area (Å²) in [5.41, 5.74) is -0.0845. The van der Waals surface area contributed by atoms with Crippen molar-refractivity contribution in [2.75, 3.05) is 5.75 Å². The number of ketones is 1. The molecule has 0 saturated carbocycles. The third-order valence-corrected chi connectivity index (χ3v) is 4.59. The van der Waals surface area contributed by atoms with E-state index >= 15 is 0 Å². The van der Waals surface area contributed by atoms with Gasteiger partial charge in [-0.3, -0.25) is 4.79 Å². The number of carbonyl (C=O) groups is 2. The summed E-state index contributed by atoms with van der Waals surface area (Å²) < 4.78 is 39.1. The van der Waals surface area contributed by atoms with Crippen molar-refractivity contribution in [2.45, 2.75) is 11.3 Å². The van der Waals surface area contributed by atoms with Crippen LogP contribution in [0.3, 0.4) is 0 Å². The van der Waals surface area contributed by atoms with Crippen LogP contribution in [-0.4, -0.2) is 42.8 Å². The highest BCUT2D eigenvalue weighted by molar-refractivity contribution is 7.99. The summed E-state index contributed by atoms with van der Waals surface area (Å²) in [5.74, 6) is -1.53. The summed E-state index contributed by atoms with van der Waals surface area (Å²) in [6.45, 7) is 0. The van der Waals surface area contributed by atoms with Gasteiger partial charge in [-0.2, -0.15) is 17.9 Å². The molecule has 1 N–H and O–H groups in total. The Morgan fingerprint density at radius 3 is 2.18 bits per heavy atom. The molecular weight excluding hydrogens is 397 g/mol. The maximum absolute atomic E-state index is 12.6. The van der Waals surface area contributed by atoms with Crippen LogP contribution in [0.25, 0.3) is 5.69 Å². The van der Waals surface area contributed by atoms with Crippen LogP contribution in [0, 0.1) is 0 Å². The third-order valence-electron chi connectivity index (χ3n) is 3.67. The number of nitrogens with zero attached hydrogens (tertiary/aromatic N) is 4. The Morgan fingerprint density at radius 1 is 1.00 bits per heavy atom. The van der Waals surface area contributed by atoms with E-state index < -0.39 is 17.7 Å². The molecule has 11 heteroatoms. The molecule has 0 fully saturated rings. The normalized spacial score (nSPS) is 11.4. The second-order valence-electron chi connectivity index (χ2n) is 5.51. The molecule has 0 spiro atoms. The number of hydrogen-bond acceptors (Lipinski definition) is 6. The maximum Gasteiger partial charge on any atom is 0.416 e. The number of carbonyl (C=O) groups excluding carboxylic acids is 1. The van der Waals surface area contributed by atoms with E-state index in [1.54, 1.807) is 0 Å². The molecule has 0 unspecified atom stereocenters. The molecular formula is C17H11F3N4O3S. The van der Waals surface area contributed by atoms with Crippen LogP contribution in [0.5, 0.6) is 0 Å². The van der Waals surface area contributed by atoms with Gasteiger partial charge in [0, 0.05) is 5.56 Å². The highest BCUT2D eigenvalue weighted by Gasteiger charge is 2.30. The highest BCUT2D eigenvalue weighted by Crippen LogP contribution is 2.29. The lowest BCUT2D eigenvalue weighted by Crippen LogP contribution is -2.08. The van der Waals surface area contributed by atoms with Crippen molar-refractivity contribution in [1.82, 2.24) is 20.2 Å². The number of Topliss-reactive ketones (excluding diaryl/α,β-unsaturated/α-hetero) is 1. The van der Waals surface area contributed by atoms with Crippen molar-refractivity contribution < 1.29 is 27.9 Å². The molecule has 1 heterocycles. The van der Waals surface area contributed by atoms with Gasteiger partial charge >= 0.3 is 12.1 Å². The Balaban J connectivity index is 1.69. The summed E-state index contributed by atoms with van der Waals surface area (Å²) in [6, 6.07) is 9.77. The molecule has 1 aromatic heterocycles. The Morgan fingerprint density at radius 2 is 1.61 bits per heavy atom. The molecule has 0 atom stereocenters. The van der Waals surface area contributed by atoms with E-state index in [1.807, 2.05) is 0 Å². The van der Waals surface area contributed by atoms with Crippen molar-refractivity contribution in [3.05, 3.63) is 65.2 Å². The Kier molecular flexibility index (Phi) is 5.45. The predicted octanol–water partition coefficient (Wildman–Crippen LogP) is 3.35. The molecule has 0 aliphatic heterocycles. The van der Waals surface area contributed by atoms with Gasteiger partial charge in [-0.1, -0.05) is 23.9 Å². The van der Waals surface area contributed by atoms with Crippen LogP contribution in [0.1, 0.15) is 26.3 Å². The standard InChI is InChI=1S/C17H11F3N4O3S/c18-17(19,20)12-5-1-10(2-6-12)14(25)9-28-16-21-22-23-24(16)13-7-3-11(4-8-13)15(26)27/h1-8H,9H2,(H,26,27). The summed E-state index contributed by atoms with van der Waals surface area (Å²) in [4.78, 5) is 23.1. The smallest absolute Gasteiger partial charge is 0.416 e. The minimum Gasteiger partial charge on any atom is -0.478 e. The van der Waals surface area contributed by atoms with Gasteiger partial charge in [0.25, 0.3) is 0 Å². The molecule has 3 rings (SSSR count). The molecule has 3 aromatic rings. The number of tetrazole rings is 1. The summed E-state index contributed by atoms with van der Waals surface area (Å²) >= 11 is 1.01. The number of alkyl halides is 3. The lowest BCUT2D eigenvalue weighted by atomic mass is 10.1. The molecule has 0 aliphatic rings. The Bertz CT molecular complexity index is 1000. The monoisotopic (exact) mass is 408 g/mol. The van der Waals surface area contributed by atoms with Gasteiger partial charge in [-0.25, -0.2) is 4.79 Å². The Labute approximate surface area is 160 Å². The Hall–Kier alpha value is -3.21. The summed E-state index contributed by atoms with van der Waals surface area (Å²) in [7, 11) is 0. The second-order valence-corrected chi connectivity index (χ2v) is 6.45. The highest BCUT2D eigenvalue weighted by atomic mass is 32.2. The molecule has 0 amide bonds. The van der Waals surface area contributed by atoms with Crippen LogP contribution in [-0.2, 0) is 6.18 Å². The number of carboxylic acids is 1. The SMILES string of the molecule is O=C(O)c1ccc(-n2nnnc2SCC(=O)c2ccc(C(F)(F)F)cc2)cc1. The molecule has 28 heavy (non-hydrogen) atoms. The van der Waals surface area contributed by atoms with Crippen molar-refractivity contribution in [3.63, 3.8) is 0 Å². The first-order valence-electron chi connectivity index (χ1n) is 7.71. The zero-order valence-corrected chi connectivity index (χ0v) is 14.7. The lowest BCUT2D eigenvalue weighted by molar-refractivity contribution is -0.137. The second kappa shape index (κ2) is 7.80. The number of aromatic carboxylic acids is 1. The van der Waals surface area contributed by atoms with Crippen LogP contribution >= 0.6 is 11.8 Å². The van der Waals surface area contributed by atoms with Gasteiger partial charge in [-0.05, 0) is 46.8 Å². The van der Waals surface area contributed by atoms with Gasteiger partial charge in [0.1, 0.15) is 0 Å². The topological polar surface area (TPSA) is 98.0 Å². The summed E-state index contributed by atoms with van der Waals surface area (Å²) in [6.07, 6.45) is -4.46. The fraction of sp³-hybridized carbons (Fsp3) is 0.118. The van der Waals surface area contributed by atoms with Gasteiger partial charge in [0.2, 0.25) is 5.16 Å². The number of hydrogen-bond donors (Lipinski definition) is 1. The van der Waals surface area contributed by atoms with E-state index in [0.29, 0.717) is 5.69 Å². The first kappa shape index (κ1) is 19.5. The van der Waals surface area contributed by atoms with Crippen molar-refractivity contribution >= 4 is 23.5 Å². The lowest BCUT2D eigenvalue weighted by Gasteiger charge is -2.07. The van der Waals surface area contributed by atoms with E-state index in [4.69, 9.17) is 5.11 Å². The average Bonchev–Trinajstić information content (AvgIpc) is 3.14. The van der Waals surface area contributed by atoms with Crippen LogP contribution in [0.15, 0.2) is 53.7 Å². The summed E-state index contributed by atoms with van der Waals surface area (Å²) in [5, 5.41) is 20.4. The maximum atomic E-state index is 12.6. The average molecular weight is 408 g/mol. The number of aromatic nitrogens is 4. The largest absolute Gasteiger partial charge is 0.478 e. The number of halogens is 3. The van der Waals surface area contributed by atoms with Gasteiger partial charge < -0.3 is 5.11 Å². The van der Waals surface area contributed by atoms with Crippen LogP contribution < -0.4 is 0 Å². The van der Waals surface area contributed by atoms with Crippen molar-refractivity contribution in [3.8, 4) is 5.69 Å². The van der Waals surface area contributed by atoms with E-state index in [0.717, 1.165) is 36.0 Å². The quantitative estimate of drug-likeness (QED) is 0.493. The zero-order valence-electron chi connectivity index (χ0n) is 13.9. The predicted molar refractivity (Wildman–Crippen MR) is 92.6 cm³/mol. The number of thioether (sulfide) groups is 1. The third kappa shape index (κ3) is 4.36. The zero-order chi connectivity index (χ0) is 20.3. The van der Waals surface area contributed by atoms with Gasteiger partial charge in [0.05, 0.1) is 22.6 Å². The van der Waals surface area contributed by atoms with E-state index in [-0.39, 0.29) is 27.8 Å². The molecule has 7 nitrogen and oxygen atoms in total. The molecule has 0 aliphatic carbocycles. The molecule has 0 radical (unpaired) electrons. The minimum atomic E-state index is -4.46. The fourth-order valence-electron chi connectivity index (χ4n) is 2.23. The van der Waals surface area contributed by atoms with Gasteiger partial charge in [-0.15, -0.1) is 5.10 Å². The first-order chi connectivity index (χ1) is 13.3. The number of carboxylic acid groups (broad SMARTS) is 1. The van der Waals surface area contributed by atoms with Crippen LogP contribution in [0.2, 0.25) is 0 Å². The van der Waals surface area contributed by atoms with Crippen molar-refractivity contribution in [1.29, 1.82) is 0 Å². The minimum absolute atomic E-state index is 0.0844. The first-order valence-corrected chi connectivity index (χ1v) is 8.69. The molecule has 0 bridgehead atoms. The number of benzene rings is 2. The molecule has 2 aromatic carbocycles. The van der Waals surface area contributed by atoms with E-state index in [1.165, 1.54) is 28.9 Å². The number of rotatable bonds is 6. The van der Waals surface area contributed by atoms with Crippen molar-refractivity contribution in [2.24, 2.45) is 0 Å². The van der Waals surface area contributed by atoms with Gasteiger partial charge in [0.15, 0.2) is 5.78 Å². The molecule has 144 valence electrons. The van der Waals surface area contributed by atoms with Crippen LogP contribution in [0.4, 0.5) is 13.2 Å². The van der Waals surface area contributed by atoms with E-state index in [2.05, 4.69) is 15.5 Å². The fourth-order valence-corrected chi connectivity index (χ4v) is 3.02. The van der Waals surface area contributed by atoms with E-state index in [9.17, 15) is 22.8 Å².